The molecule has 1 aliphatic heterocycles. The number of nitrogens with zero attached hydrogens (tertiary/aromatic N) is 1. The minimum Gasteiger partial charge on any atom is -0.448 e. The number of hydrogen-bond acceptors (Lipinski definition) is 7. The summed E-state index contributed by atoms with van der Waals surface area (Å²) < 4.78 is 10.8. The molecule has 1 aromatic heterocycles. The highest BCUT2D eigenvalue weighted by atomic mass is 16.5. The molecule has 0 saturated carbocycles. The SMILES string of the molecule is CC(C)C(NC(=O)OCc1ccccc1)C(=O)CC1Cc2ncoc2CCCCCNC(=O)C1=O. The van der Waals surface area contributed by atoms with Crippen LogP contribution in [0, 0.1) is 11.8 Å². The summed E-state index contributed by atoms with van der Waals surface area (Å²) in [4.78, 5) is 55.3. The van der Waals surface area contributed by atoms with Crippen LogP contribution in [-0.2, 0) is 38.6 Å². The number of carbonyl (C=O) groups is 4. The van der Waals surface area contributed by atoms with Crippen molar-refractivity contribution in [3.05, 3.63) is 53.7 Å². The number of aryl methyl sites for hydroxylation is 1. The summed E-state index contributed by atoms with van der Waals surface area (Å²) in [5, 5.41) is 5.28. The number of nitrogens with one attached hydrogen (secondary N) is 2. The predicted octanol–water partition coefficient (Wildman–Crippen LogP) is 3.16. The number of amides is 2. The zero-order valence-electron chi connectivity index (χ0n) is 20.2. The van der Waals surface area contributed by atoms with Gasteiger partial charge in [0.25, 0.3) is 5.91 Å². The molecule has 9 heteroatoms. The van der Waals surface area contributed by atoms with E-state index < -0.39 is 29.7 Å². The Hall–Kier alpha value is -3.49. The molecule has 2 unspecified atom stereocenters. The summed E-state index contributed by atoms with van der Waals surface area (Å²) in [6, 6.07) is 8.34. The molecule has 3 rings (SSSR count). The lowest BCUT2D eigenvalue weighted by molar-refractivity contribution is -0.141. The molecule has 188 valence electrons. The Balaban J connectivity index is 1.70. The summed E-state index contributed by atoms with van der Waals surface area (Å²) in [6.45, 7) is 4.07. The Morgan fingerprint density at radius 2 is 1.94 bits per heavy atom. The number of carbonyl (C=O) groups excluding carboxylic acids is 4. The number of fused-ring (bicyclic) bond motifs is 1. The molecule has 1 aliphatic rings. The molecule has 0 radical (unpaired) electrons. The number of ketones is 2. The third-order valence-electron chi connectivity index (χ3n) is 6.07. The normalized spacial score (nSPS) is 18.0. The lowest BCUT2D eigenvalue weighted by atomic mass is 9.86. The number of Topliss-reactive ketones (excluding diaryl/α,β-unsaturated/α-hetero) is 2. The molecule has 0 fully saturated rings. The van der Waals surface area contributed by atoms with Gasteiger partial charge < -0.3 is 19.8 Å². The zero-order chi connectivity index (χ0) is 25.2. The van der Waals surface area contributed by atoms with E-state index in [1.807, 2.05) is 30.3 Å². The first-order chi connectivity index (χ1) is 16.8. The molecule has 0 spiro atoms. The maximum Gasteiger partial charge on any atom is 0.408 e. The molecule has 2 N–H and O–H groups in total. The maximum absolute atomic E-state index is 13.2. The molecule has 0 bridgehead atoms. The van der Waals surface area contributed by atoms with E-state index in [0.29, 0.717) is 24.4 Å². The lowest BCUT2D eigenvalue weighted by Crippen LogP contribution is -2.46. The molecule has 0 saturated heterocycles. The van der Waals surface area contributed by atoms with Crippen molar-refractivity contribution in [2.75, 3.05) is 6.54 Å². The van der Waals surface area contributed by atoms with Gasteiger partial charge in [0.1, 0.15) is 12.4 Å². The van der Waals surface area contributed by atoms with Gasteiger partial charge in [-0.2, -0.15) is 0 Å². The molecular weight excluding hydrogens is 450 g/mol. The van der Waals surface area contributed by atoms with Gasteiger partial charge in [-0.15, -0.1) is 0 Å². The number of aromatic nitrogens is 1. The fourth-order valence-electron chi connectivity index (χ4n) is 4.10. The largest absolute Gasteiger partial charge is 0.448 e. The molecule has 2 aromatic rings. The monoisotopic (exact) mass is 483 g/mol. The van der Waals surface area contributed by atoms with E-state index in [-0.39, 0.29) is 31.1 Å². The number of benzene rings is 1. The fraction of sp³-hybridized carbons (Fsp3) is 0.500. The Kier molecular flexibility index (Phi) is 9.57. The maximum atomic E-state index is 13.2. The van der Waals surface area contributed by atoms with Crippen LogP contribution in [0.25, 0.3) is 0 Å². The van der Waals surface area contributed by atoms with Crippen molar-refractivity contribution in [2.45, 2.75) is 65.0 Å². The van der Waals surface area contributed by atoms with Crippen LogP contribution in [0.3, 0.4) is 0 Å². The highest BCUT2D eigenvalue weighted by Gasteiger charge is 2.33. The van der Waals surface area contributed by atoms with E-state index in [0.717, 1.165) is 24.8 Å². The smallest absolute Gasteiger partial charge is 0.408 e. The second-order valence-electron chi connectivity index (χ2n) is 9.15. The van der Waals surface area contributed by atoms with Crippen molar-refractivity contribution in [1.29, 1.82) is 0 Å². The standard InChI is InChI=1S/C26H33N3O6/c1-17(2)23(29-26(33)34-15-18-9-5-3-6-10-18)21(30)14-19-13-20-22(35-16-28-20)11-7-4-8-12-27-25(32)24(19)31/h3,5-6,9-10,16-17,19,23H,4,7-8,11-15H2,1-2H3,(H,27,32)(H,29,33). The Morgan fingerprint density at radius 3 is 2.69 bits per heavy atom. The minimum atomic E-state index is -0.908. The number of rotatable bonds is 7. The Morgan fingerprint density at radius 1 is 1.17 bits per heavy atom. The van der Waals surface area contributed by atoms with Crippen LogP contribution < -0.4 is 10.6 Å². The van der Waals surface area contributed by atoms with Gasteiger partial charge in [0.2, 0.25) is 5.78 Å². The first-order valence-corrected chi connectivity index (χ1v) is 12.1. The molecule has 0 aliphatic carbocycles. The third kappa shape index (κ3) is 7.77. The van der Waals surface area contributed by atoms with Crippen LogP contribution in [0.5, 0.6) is 0 Å². The highest BCUT2D eigenvalue weighted by molar-refractivity contribution is 6.37. The topological polar surface area (TPSA) is 128 Å². The second-order valence-corrected chi connectivity index (χ2v) is 9.15. The first kappa shape index (κ1) is 26.1. The van der Waals surface area contributed by atoms with Crippen LogP contribution in [0.4, 0.5) is 4.79 Å². The summed E-state index contributed by atoms with van der Waals surface area (Å²) in [5.41, 5.74) is 1.41. The molecule has 2 amide bonds. The van der Waals surface area contributed by atoms with Crippen LogP contribution in [0.15, 0.2) is 41.1 Å². The van der Waals surface area contributed by atoms with Crippen molar-refractivity contribution < 1.29 is 28.3 Å². The van der Waals surface area contributed by atoms with Gasteiger partial charge in [0.15, 0.2) is 12.2 Å². The lowest BCUT2D eigenvalue weighted by Gasteiger charge is -2.23. The fourth-order valence-corrected chi connectivity index (χ4v) is 4.10. The van der Waals surface area contributed by atoms with Gasteiger partial charge in [0, 0.05) is 31.7 Å². The van der Waals surface area contributed by atoms with Crippen molar-refractivity contribution in [2.24, 2.45) is 11.8 Å². The number of ether oxygens (including phenoxy) is 1. The summed E-state index contributed by atoms with van der Waals surface area (Å²) in [5.74, 6) is -2.19. The van der Waals surface area contributed by atoms with Crippen molar-refractivity contribution in [1.82, 2.24) is 15.6 Å². The van der Waals surface area contributed by atoms with E-state index >= 15 is 0 Å². The van der Waals surface area contributed by atoms with Gasteiger partial charge in [-0.05, 0) is 24.3 Å². The van der Waals surface area contributed by atoms with Crippen LogP contribution >= 0.6 is 0 Å². The highest BCUT2D eigenvalue weighted by Crippen LogP contribution is 2.21. The van der Waals surface area contributed by atoms with Gasteiger partial charge in [-0.25, -0.2) is 9.78 Å². The van der Waals surface area contributed by atoms with E-state index in [1.54, 1.807) is 13.8 Å². The second kappa shape index (κ2) is 12.8. The van der Waals surface area contributed by atoms with Gasteiger partial charge in [0.05, 0.1) is 11.7 Å². The average Bonchev–Trinajstić information content (AvgIpc) is 3.28. The number of hydrogen-bond donors (Lipinski definition) is 2. The van der Waals surface area contributed by atoms with Gasteiger partial charge in [-0.3, -0.25) is 14.4 Å². The van der Waals surface area contributed by atoms with Crippen molar-refractivity contribution >= 4 is 23.6 Å². The molecule has 1 aromatic carbocycles. The Bertz CT molecular complexity index is 1020. The predicted molar refractivity (Wildman–Crippen MR) is 127 cm³/mol. The molecule has 9 nitrogen and oxygen atoms in total. The number of alkyl carbamates (subject to hydrolysis) is 1. The van der Waals surface area contributed by atoms with Crippen LogP contribution in [0.2, 0.25) is 0 Å². The summed E-state index contributed by atoms with van der Waals surface area (Å²) >= 11 is 0. The molecular formula is C26H33N3O6. The zero-order valence-corrected chi connectivity index (χ0v) is 20.2. The Labute approximate surface area is 205 Å². The summed E-state index contributed by atoms with van der Waals surface area (Å²) in [7, 11) is 0. The van der Waals surface area contributed by atoms with E-state index in [9.17, 15) is 19.2 Å². The van der Waals surface area contributed by atoms with Crippen molar-refractivity contribution in [3.8, 4) is 0 Å². The first-order valence-electron chi connectivity index (χ1n) is 12.1. The van der Waals surface area contributed by atoms with Crippen LogP contribution in [0.1, 0.15) is 56.5 Å². The van der Waals surface area contributed by atoms with E-state index in [1.165, 1.54) is 6.39 Å². The van der Waals surface area contributed by atoms with E-state index in [2.05, 4.69) is 15.6 Å². The van der Waals surface area contributed by atoms with Crippen molar-refractivity contribution in [3.63, 3.8) is 0 Å². The van der Waals surface area contributed by atoms with Crippen LogP contribution in [-0.4, -0.2) is 41.1 Å². The molecule has 2 heterocycles. The molecule has 2 atom stereocenters. The number of oxazole rings is 1. The molecule has 35 heavy (non-hydrogen) atoms. The quantitative estimate of drug-likeness (QED) is 0.579. The van der Waals surface area contributed by atoms with Gasteiger partial charge >= 0.3 is 6.09 Å². The van der Waals surface area contributed by atoms with Gasteiger partial charge in [-0.1, -0.05) is 50.6 Å². The minimum absolute atomic E-state index is 0.0713. The third-order valence-corrected chi connectivity index (χ3v) is 6.07. The summed E-state index contributed by atoms with van der Waals surface area (Å²) in [6.07, 6.45) is 3.71. The average molecular weight is 484 g/mol. The van der Waals surface area contributed by atoms with E-state index in [4.69, 9.17) is 9.15 Å².